The maximum Gasteiger partial charge on any atom is 0.324 e. The Morgan fingerprint density at radius 3 is 2.21 bits per heavy atom. The van der Waals surface area contributed by atoms with E-state index in [9.17, 15) is 19.2 Å². The monoisotopic (exact) mass is 423 g/mol. The molecule has 0 spiro atoms. The highest BCUT2D eigenvalue weighted by Crippen LogP contribution is 2.27. The number of hydrogen-bond acceptors (Lipinski definition) is 5. The molecule has 0 bridgehead atoms. The molecule has 2 atom stereocenters. The van der Waals surface area contributed by atoms with Crippen LogP contribution in [0.25, 0.3) is 0 Å². The number of carbonyl (C=O) groups excluding carboxylic acids is 4. The molecule has 158 valence electrons. The van der Waals surface area contributed by atoms with Crippen molar-refractivity contribution in [3.63, 3.8) is 0 Å². The van der Waals surface area contributed by atoms with Gasteiger partial charge in [0.1, 0.15) is 0 Å². The summed E-state index contributed by atoms with van der Waals surface area (Å²) < 4.78 is 0. The van der Waals surface area contributed by atoms with Crippen LogP contribution >= 0.6 is 12.4 Å². The summed E-state index contributed by atoms with van der Waals surface area (Å²) in [6.07, 6.45) is 3.47. The Kier molecular flexibility index (Phi) is 7.98. The number of imide groups is 1. The van der Waals surface area contributed by atoms with E-state index in [1.54, 1.807) is 24.3 Å². The number of nitrogens with zero attached hydrogens (tertiary/aromatic N) is 1. The third-order valence-electron chi connectivity index (χ3n) is 5.12. The van der Waals surface area contributed by atoms with Gasteiger partial charge in [0, 0.05) is 36.8 Å². The van der Waals surface area contributed by atoms with E-state index in [1.165, 1.54) is 0 Å². The van der Waals surface area contributed by atoms with Crippen molar-refractivity contribution in [1.29, 1.82) is 0 Å². The lowest BCUT2D eigenvalue weighted by molar-refractivity contribution is -0.125. The lowest BCUT2D eigenvalue weighted by Gasteiger charge is -2.15. The first kappa shape index (κ1) is 22.6. The molecule has 10 heteroatoms. The highest BCUT2D eigenvalue weighted by Gasteiger charge is 2.28. The smallest absolute Gasteiger partial charge is 0.324 e. The standard InChI is InChI=1S/C19H25N5O4.ClH/c20-15-3-1-2-12(15)10-17(26)23-14-6-4-13(5-7-14)22-16(25)8-9-24-18(27)11-21-19(24)28;/h4-7,12,15H,1-3,8-11,20H2,(H,21,28)(H,22,25)(H,23,26);1H/t12-,15+;/m0./s1. The number of nitrogens with one attached hydrogen (secondary N) is 3. The first-order valence-corrected chi connectivity index (χ1v) is 9.46. The second-order valence-corrected chi connectivity index (χ2v) is 7.19. The van der Waals surface area contributed by atoms with E-state index in [0.29, 0.717) is 17.8 Å². The minimum atomic E-state index is -0.476. The van der Waals surface area contributed by atoms with E-state index in [1.807, 2.05) is 0 Å². The van der Waals surface area contributed by atoms with E-state index in [4.69, 9.17) is 5.73 Å². The van der Waals surface area contributed by atoms with Crippen molar-refractivity contribution in [1.82, 2.24) is 10.2 Å². The molecule has 0 unspecified atom stereocenters. The Balaban J connectivity index is 0.00000300. The van der Waals surface area contributed by atoms with E-state index in [0.717, 1.165) is 24.2 Å². The molecule has 1 heterocycles. The van der Waals surface area contributed by atoms with E-state index in [-0.39, 0.29) is 61.6 Å². The number of nitrogens with two attached hydrogens (primary N) is 1. The van der Waals surface area contributed by atoms with Crippen LogP contribution < -0.4 is 21.7 Å². The van der Waals surface area contributed by atoms with Crippen molar-refractivity contribution in [2.24, 2.45) is 11.7 Å². The zero-order chi connectivity index (χ0) is 20.1. The molecule has 2 fully saturated rings. The van der Waals surface area contributed by atoms with Crippen molar-refractivity contribution in [3.05, 3.63) is 24.3 Å². The molecular formula is C19H26ClN5O4. The Bertz CT molecular complexity index is 754. The maximum atomic E-state index is 12.1. The molecule has 1 aromatic carbocycles. The number of carbonyl (C=O) groups is 4. The number of amides is 5. The van der Waals surface area contributed by atoms with Crippen LogP contribution in [-0.2, 0) is 14.4 Å². The summed E-state index contributed by atoms with van der Waals surface area (Å²) in [5, 5.41) is 7.95. The molecule has 0 radical (unpaired) electrons. The van der Waals surface area contributed by atoms with Gasteiger partial charge in [0.25, 0.3) is 0 Å². The Hall–Kier alpha value is -2.65. The fraction of sp³-hybridized carbons (Fsp3) is 0.474. The fourth-order valence-corrected chi connectivity index (χ4v) is 3.52. The molecule has 2 aliphatic rings. The molecule has 1 aliphatic heterocycles. The largest absolute Gasteiger partial charge is 0.329 e. The number of halogens is 1. The van der Waals surface area contributed by atoms with Crippen LogP contribution in [0.2, 0.25) is 0 Å². The molecule has 1 aliphatic carbocycles. The normalized spacial score (nSPS) is 20.8. The van der Waals surface area contributed by atoms with Crippen molar-refractivity contribution in [3.8, 4) is 0 Å². The summed E-state index contributed by atoms with van der Waals surface area (Å²) in [7, 11) is 0. The highest BCUT2D eigenvalue weighted by molar-refractivity contribution is 6.02. The van der Waals surface area contributed by atoms with Gasteiger partial charge in [-0.05, 0) is 43.0 Å². The van der Waals surface area contributed by atoms with Crippen LogP contribution in [0.5, 0.6) is 0 Å². The molecule has 9 nitrogen and oxygen atoms in total. The molecular weight excluding hydrogens is 398 g/mol. The van der Waals surface area contributed by atoms with Crippen LogP contribution in [0.15, 0.2) is 24.3 Å². The van der Waals surface area contributed by atoms with Gasteiger partial charge in [-0.2, -0.15) is 0 Å². The average molecular weight is 424 g/mol. The van der Waals surface area contributed by atoms with Gasteiger partial charge >= 0.3 is 6.03 Å². The van der Waals surface area contributed by atoms with Crippen LogP contribution in [-0.4, -0.2) is 47.8 Å². The number of hydrogen-bond donors (Lipinski definition) is 4. The second-order valence-electron chi connectivity index (χ2n) is 7.19. The minimum absolute atomic E-state index is 0. The number of rotatable bonds is 7. The van der Waals surface area contributed by atoms with Crippen molar-refractivity contribution in [2.75, 3.05) is 23.7 Å². The summed E-state index contributed by atoms with van der Waals surface area (Å²) in [6.45, 7) is 0.00820. The maximum absolute atomic E-state index is 12.1. The topological polar surface area (TPSA) is 134 Å². The van der Waals surface area contributed by atoms with Crippen LogP contribution in [0.4, 0.5) is 16.2 Å². The molecule has 3 rings (SSSR count). The van der Waals surface area contributed by atoms with Gasteiger partial charge in [-0.15, -0.1) is 12.4 Å². The zero-order valence-corrected chi connectivity index (χ0v) is 16.8. The van der Waals surface area contributed by atoms with Gasteiger partial charge in [-0.3, -0.25) is 19.3 Å². The van der Waals surface area contributed by atoms with E-state index >= 15 is 0 Å². The van der Waals surface area contributed by atoms with Crippen LogP contribution in [0, 0.1) is 5.92 Å². The Morgan fingerprint density at radius 1 is 1.07 bits per heavy atom. The van der Waals surface area contributed by atoms with Gasteiger partial charge in [0.2, 0.25) is 17.7 Å². The first-order chi connectivity index (χ1) is 13.4. The summed E-state index contributed by atoms with van der Waals surface area (Å²) in [5.74, 6) is -0.466. The zero-order valence-electron chi connectivity index (χ0n) is 16.0. The summed E-state index contributed by atoms with van der Waals surface area (Å²) >= 11 is 0. The SMILES string of the molecule is Cl.N[C@@H]1CCC[C@H]1CC(=O)Nc1ccc(NC(=O)CCN2C(=O)CNC2=O)cc1. The van der Waals surface area contributed by atoms with Crippen molar-refractivity contribution in [2.45, 2.75) is 38.1 Å². The Morgan fingerprint density at radius 2 is 1.69 bits per heavy atom. The van der Waals surface area contributed by atoms with Crippen molar-refractivity contribution < 1.29 is 19.2 Å². The summed E-state index contributed by atoms with van der Waals surface area (Å²) in [6, 6.07) is 6.41. The molecule has 5 N–H and O–H groups in total. The van der Waals surface area contributed by atoms with Gasteiger partial charge in [-0.1, -0.05) is 6.42 Å². The third kappa shape index (κ3) is 6.16. The summed E-state index contributed by atoms with van der Waals surface area (Å²) in [5.41, 5.74) is 7.22. The van der Waals surface area contributed by atoms with Gasteiger partial charge in [0.05, 0.1) is 6.54 Å². The molecule has 1 saturated carbocycles. The molecule has 0 aromatic heterocycles. The van der Waals surface area contributed by atoms with E-state index in [2.05, 4.69) is 16.0 Å². The third-order valence-corrected chi connectivity index (χ3v) is 5.12. The second kappa shape index (κ2) is 10.2. The molecule has 29 heavy (non-hydrogen) atoms. The lowest BCUT2D eigenvalue weighted by atomic mass is 10.00. The fourth-order valence-electron chi connectivity index (χ4n) is 3.52. The Labute approximate surface area is 175 Å². The average Bonchev–Trinajstić information content (AvgIpc) is 3.20. The number of urea groups is 1. The molecule has 5 amide bonds. The first-order valence-electron chi connectivity index (χ1n) is 9.46. The predicted octanol–water partition coefficient (Wildman–Crippen LogP) is 1.44. The quantitative estimate of drug-likeness (QED) is 0.492. The molecule has 1 saturated heterocycles. The summed E-state index contributed by atoms with van der Waals surface area (Å²) in [4.78, 5) is 48.1. The van der Waals surface area contributed by atoms with Crippen molar-refractivity contribution >= 4 is 47.5 Å². The molecule has 1 aromatic rings. The lowest BCUT2D eigenvalue weighted by Crippen LogP contribution is -2.33. The number of anilines is 2. The van der Waals surface area contributed by atoms with Crippen LogP contribution in [0.1, 0.15) is 32.1 Å². The predicted molar refractivity (Wildman–Crippen MR) is 111 cm³/mol. The van der Waals surface area contributed by atoms with Gasteiger partial charge in [0.15, 0.2) is 0 Å². The number of benzene rings is 1. The van der Waals surface area contributed by atoms with E-state index < -0.39 is 6.03 Å². The van der Waals surface area contributed by atoms with Crippen LogP contribution in [0.3, 0.4) is 0 Å². The highest BCUT2D eigenvalue weighted by atomic mass is 35.5. The van der Waals surface area contributed by atoms with Gasteiger partial charge < -0.3 is 21.7 Å². The minimum Gasteiger partial charge on any atom is -0.329 e. The van der Waals surface area contributed by atoms with Gasteiger partial charge in [-0.25, -0.2) is 4.79 Å².